The second-order valence-corrected chi connectivity index (χ2v) is 1.91. The van der Waals surface area contributed by atoms with Gasteiger partial charge in [-0.25, -0.2) is 0 Å². The summed E-state index contributed by atoms with van der Waals surface area (Å²) in [6.07, 6.45) is 0.799. The zero-order valence-electron chi connectivity index (χ0n) is 5.40. The molecule has 0 fully saturated rings. The molecular weight excluding hydrogens is 132 g/mol. The van der Waals surface area contributed by atoms with Gasteiger partial charge in [0.1, 0.15) is 0 Å². The van der Waals surface area contributed by atoms with E-state index in [9.17, 15) is 0 Å². The van der Waals surface area contributed by atoms with Crippen LogP contribution in [0.2, 0.25) is 0 Å². The number of nitrogens with one attached hydrogen (secondary N) is 1. The summed E-state index contributed by atoms with van der Waals surface area (Å²) in [7, 11) is 0. The Morgan fingerprint density at radius 2 is 2.44 bits per heavy atom. The van der Waals surface area contributed by atoms with E-state index in [-0.39, 0.29) is 0 Å². The van der Waals surface area contributed by atoms with Gasteiger partial charge in [0.2, 0.25) is 0 Å². The third-order valence-electron chi connectivity index (χ3n) is 0.726. The number of rotatable bonds is 2. The van der Waals surface area contributed by atoms with Crippen molar-refractivity contribution in [2.75, 3.05) is 6.54 Å². The third kappa shape index (κ3) is 7.25. The highest BCUT2D eigenvalue weighted by Crippen LogP contribution is 1.69. The molecule has 2 nitrogen and oxygen atoms in total. The van der Waals surface area contributed by atoms with Crippen LogP contribution in [-0.2, 0) is 0 Å². The summed E-state index contributed by atoms with van der Waals surface area (Å²) in [5, 5.41) is 3.13. The summed E-state index contributed by atoms with van der Waals surface area (Å²) in [6.45, 7) is 2.55. The zero-order valence-corrected chi connectivity index (χ0v) is 6.22. The van der Waals surface area contributed by atoms with Crippen molar-refractivity contribution in [2.45, 2.75) is 13.3 Å². The maximum Gasteiger partial charge on any atom is 0.163 e. The van der Waals surface area contributed by atoms with E-state index >= 15 is 0 Å². The Bertz CT molecular complexity index is 143. The van der Waals surface area contributed by atoms with E-state index in [1.54, 1.807) is 6.92 Å². The van der Waals surface area contributed by atoms with Gasteiger partial charge in [0.15, 0.2) is 5.11 Å². The van der Waals surface area contributed by atoms with Crippen LogP contribution in [0.25, 0.3) is 0 Å². The molecule has 9 heavy (non-hydrogen) atoms. The molecule has 0 aromatic carbocycles. The number of thiocarbonyl (C=S) groups is 1. The highest BCUT2D eigenvalue weighted by Gasteiger charge is 1.81. The smallest absolute Gasteiger partial charge is 0.163 e. The van der Waals surface area contributed by atoms with Crippen LogP contribution in [0.3, 0.4) is 0 Å². The Morgan fingerprint density at radius 3 is 2.89 bits per heavy atom. The lowest BCUT2D eigenvalue weighted by Gasteiger charge is -1.96. The van der Waals surface area contributed by atoms with Crippen molar-refractivity contribution in [3.63, 3.8) is 0 Å². The van der Waals surface area contributed by atoms with Crippen LogP contribution in [0.1, 0.15) is 13.3 Å². The largest absolute Gasteiger partial charge is 0.376 e. The second kappa shape index (κ2) is 5.39. The van der Waals surface area contributed by atoms with E-state index in [1.807, 2.05) is 0 Å². The van der Waals surface area contributed by atoms with E-state index in [0.717, 1.165) is 13.0 Å². The van der Waals surface area contributed by atoms with E-state index in [2.05, 4.69) is 29.4 Å². The van der Waals surface area contributed by atoms with Gasteiger partial charge in [-0.2, -0.15) is 0 Å². The molecule has 0 atom stereocenters. The molecule has 0 aromatic rings. The van der Waals surface area contributed by atoms with Gasteiger partial charge < -0.3 is 11.1 Å². The molecule has 3 heteroatoms. The molecule has 3 N–H and O–H groups in total. The van der Waals surface area contributed by atoms with Gasteiger partial charge >= 0.3 is 0 Å². The molecule has 0 saturated carbocycles. The molecule has 0 rings (SSSR count). The Morgan fingerprint density at radius 1 is 1.78 bits per heavy atom. The Kier molecular flexibility index (Phi) is 4.94. The average molecular weight is 142 g/mol. The molecular formula is C6H10N2S. The molecule has 0 unspecified atom stereocenters. The zero-order chi connectivity index (χ0) is 7.11. The minimum atomic E-state index is 0.341. The maximum absolute atomic E-state index is 5.15. The standard InChI is InChI=1S/C6H10N2S/c1-2-3-4-5-8-6(7)9/h4-5H2,1H3,(H3,7,8,9). The van der Waals surface area contributed by atoms with Crippen molar-refractivity contribution < 1.29 is 0 Å². The molecule has 0 radical (unpaired) electrons. The lowest BCUT2D eigenvalue weighted by atomic mass is 10.4. The minimum Gasteiger partial charge on any atom is -0.376 e. The van der Waals surface area contributed by atoms with Crippen molar-refractivity contribution in [2.24, 2.45) is 5.73 Å². The summed E-state index contributed by atoms with van der Waals surface area (Å²) in [5.41, 5.74) is 5.15. The van der Waals surface area contributed by atoms with Gasteiger partial charge in [-0.3, -0.25) is 0 Å². The van der Waals surface area contributed by atoms with E-state index < -0.39 is 0 Å². The van der Waals surface area contributed by atoms with Crippen LogP contribution < -0.4 is 11.1 Å². The SMILES string of the molecule is CC#CCCNC(N)=S. The highest BCUT2D eigenvalue weighted by molar-refractivity contribution is 7.80. The van der Waals surface area contributed by atoms with E-state index in [1.165, 1.54) is 0 Å². The molecule has 0 bridgehead atoms. The monoisotopic (exact) mass is 142 g/mol. The lowest BCUT2D eigenvalue weighted by Crippen LogP contribution is -2.29. The van der Waals surface area contributed by atoms with Gasteiger partial charge in [-0.05, 0) is 19.1 Å². The first-order chi connectivity index (χ1) is 4.27. The van der Waals surface area contributed by atoms with Crippen LogP contribution in [0.5, 0.6) is 0 Å². The summed E-state index contributed by atoms with van der Waals surface area (Å²) in [6, 6.07) is 0. The number of hydrogen-bond acceptors (Lipinski definition) is 1. The Hall–Kier alpha value is -0.750. The second-order valence-electron chi connectivity index (χ2n) is 1.47. The van der Waals surface area contributed by atoms with Crippen molar-refractivity contribution in [3.05, 3.63) is 0 Å². The van der Waals surface area contributed by atoms with E-state index in [4.69, 9.17) is 5.73 Å². The molecule has 50 valence electrons. The van der Waals surface area contributed by atoms with Gasteiger partial charge in [-0.1, -0.05) is 0 Å². The minimum absolute atomic E-state index is 0.341. The first kappa shape index (κ1) is 8.25. The first-order valence-electron chi connectivity index (χ1n) is 2.70. The maximum atomic E-state index is 5.15. The van der Waals surface area contributed by atoms with Crippen LogP contribution in [0.4, 0.5) is 0 Å². The summed E-state index contributed by atoms with van der Waals surface area (Å²) in [5.74, 6) is 5.64. The van der Waals surface area contributed by atoms with E-state index in [0.29, 0.717) is 5.11 Å². The summed E-state index contributed by atoms with van der Waals surface area (Å²) in [4.78, 5) is 0. The molecule has 0 amide bonds. The third-order valence-corrected chi connectivity index (χ3v) is 0.870. The molecule has 0 spiro atoms. The summed E-state index contributed by atoms with van der Waals surface area (Å²) < 4.78 is 0. The number of nitrogens with two attached hydrogens (primary N) is 1. The molecule has 0 heterocycles. The van der Waals surface area contributed by atoms with Crippen LogP contribution in [-0.4, -0.2) is 11.7 Å². The average Bonchev–Trinajstić information content (AvgIpc) is 1.80. The Balaban J connectivity index is 3.07. The van der Waals surface area contributed by atoms with Crippen molar-refractivity contribution >= 4 is 17.3 Å². The molecule has 0 saturated heterocycles. The van der Waals surface area contributed by atoms with Crippen molar-refractivity contribution in [1.29, 1.82) is 0 Å². The van der Waals surface area contributed by atoms with Gasteiger partial charge in [0.05, 0.1) is 0 Å². The Labute approximate surface area is 60.8 Å². The predicted molar refractivity (Wildman–Crippen MR) is 42.9 cm³/mol. The summed E-state index contributed by atoms with van der Waals surface area (Å²) >= 11 is 4.56. The molecule has 0 aromatic heterocycles. The van der Waals surface area contributed by atoms with Gasteiger partial charge in [0, 0.05) is 13.0 Å². The topological polar surface area (TPSA) is 38.0 Å². The van der Waals surface area contributed by atoms with Crippen molar-refractivity contribution in [3.8, 4) is 11.8 Å². The predicted octanol–water partition coefficient (Wildman–Crippen LogP) is 0.233. The lowest BCUT2D eigenvalue weighted by molar-refractivity contribution is 0.909. The highest BCUT2D eigenvalue weighted by atomic mass is 32.1. The van der Waals surface area contributed by atoms with Crippen LogP contribution >= 0.6 is 12.2 Å². The van der Waals surface area contributed by atoms with Gasteiger partial charge in [-0.15, -0.1) is 11.8 Å². The van der Waals surface area contributed by atoms with Crippen LogP contribution in [0, 0.1) is 11.8 Å². The fourth-order valence-electron chi connectivity index (χ4n) is 0.373. The number of hydrogen-bond donors (Lipinski definition) is 2. The first-order valence-corrected chi connectivity index (χ1v) is 3.11. The fourth-order valence-corrected chi connectivity index (χ4v) is 0.475. The van der Waals surface area contributed by atoms with Gasteiger partial charge in [0.25, 0.3) is 0 Å². The molecule has 0 aliphatic carbocycles. The van der Waals surface area contributed by atoms with Crippen LogP contribution in [0.15, 0.2) is 0 Å². The fraction of sp³-hybridized carbons (Fsp3) is 0.500. The normalized spacial score (nSPS) is 7.22. The molecule has 0 aliphatic rings. The quantitative estimate of drug-likeness (QED) is 0.329. The molecule has 0 aliphatic heterocycles. The van der Waals surface area contributed by atoms with Crippen molar-refractivity contribution in [1.82, 2.24) is 5.32 Å².